The van der Waals surface area contributed by atoms with Crippen molar-refractivity contribution in [2.24, 2.45) is 0 Å². The van der Waals surface area contributed by atoms with Crippen molar-refractivity contribution in [1.82, 2.24) is 5.32 Å². The first-order chi connectivity index (χ1) is 10.0. The first-order valence-corrected chi connectivity index (χ1v) is 8.52. The average Bonchev–Trinajstić information content (AvgIpc) is 2.48. The van der Waals surface area contributed by atoms with Crippen LogP contribution in [0.5, 0.6) is 0 Å². The van der Waals surface area contributed by atoms with Crippen LogP contribution in [0.1, 0.15) is 43.5 Å². The van der Waals surface area contributed by atoms with Gasteiger partial charge in [0.2, 0.25) is 0 Å². The minimum absolute atomic E-state index is 0.249. The molecule has 1 unspecified atom stereocenters. The summed E-state index contributed by atoms with van der Waals surface area (Å²) >= 11 is 15.6. The van der Waals surface area contributed by atoms with Crippen LogP contribution in [-0.2, 0) is 0 Å². The van der Waals surface area contributed by atoms with Gasteiger partial charge >= 0.3 is 0 Å². The van der Waals surface area contributed by atoms with Gasteiger partial charge in [0.15, 0.2) is 0 Å². The summed E-state index contributed by atoms with van der Waals surface area (Å²) in [6.07, 6.45) is 0.985. The summed E-state index contributed by atoms with van der Waals surface area (Å²) in [6.45, 7) is 4.33. The molecule has 0 aromatic heterocycles. The zero-order chi connectivity index (χ0) is 15.4. The maximum absolute atomic E-state index is 6.12. The number of benzene rings is 2. The zero-order valence-electron chi connectivity index (χ0n) is 12.0. The quantitative estimate of drug-likeness (QED) is 0.613. The molecule has 2 atom stereocenters. The van der Waals surface area contributed by atoms with E-state index in [0.29, 0.717) is 10.0 Å². The normalized spacial score (nSPS) is 14.0. The number of rotatable bonds is 5. The second-order valence-electron chi connectivity index (χ2n) is 5.07. The van der Waals surface area contributed by atoms with Crippen molar-refractivity contribution >= 4 is 39.1 Å². The zero-order valence-corrected chi connectivity index (χ0v) is 15.1. The average molecular weight is 387 g/mol. The Morgan fingerprint density at radius 3 is 2.19 bits per heavy atom. The molecule has 0 aliphatic heterocycles. The highest BCUT2D eigenvalue weighted by atomic mass is 79.9. The maximum Gasteiger partial charge on any atom is 0.0595 e. The number of hydrogen-bond acceptors (Lipinski definition) is 1. The van der Waals surface area contributed by atoms with Crippen molar-refractivity contribution in [2.75, 3.05) is 0 Å². The fourth-order valence-electron chi connectivity index (χ4n) is 2.33. The molecule has 0 spiro atoms. The third-order valence-corrected chi connectivity index (χ3v) is 4.84. The first-order valence-electron chi connectivity index (χ1n) is 6.97. The van der Waals surface area contributed by atoms with Gasteiger partial charge in [-0.15, -0.1) is 0 Å². The highest BCUT2D eigenvalue weighted by molar-refractivity contribution is 9.10. The van der Waals surface area contributed by atoms with Crippen molar-refractivity contribution in [3.05, 3.63) is 68.1 Å². The molecule has 2 aromatic rings. The van der Waals surface area contributed by atoms with Crippen LogP contribution in [0, 0.1) is 0 Å². The Hall–Kier alpha value is -0.540. The van der Waals surface area contributed by atoms with E-state index in [4.69, 9.17) is 23.2 Å². The molecule has 0 aliphatic carbocycles. The molecule has 0 saturated carbocycles. The van der Waals surface area contributed by atoms with Crippen LogP contribution in [0.4, 0.5) is 0 Å². The molecule has 4 heteroatoms. The molecule has 1 nitrogen and oxygen atoms in total. The van der Waals surface area contributed by atoms with Gasteiger partial charge in [0.05, 0.1) is 10.0 Å². The highest BCUT2D eigenvalue weighted by Crippen LogP contribution is 2.28. The van der Waals surface area contributed by atoms with Crippen LogP contribution in [0.2, 0.25) is 10.0 Å². The fourth-order valence-corrected chi connectivity index (χ4v) is 2.90. The molecule has 0 heterocycles. The molecule has 0 radical (unpaired) electrons. The molecular formula is C17H18BrCl2N. The number of halogens is 3. The molecule has 0 bridgehead atoms. The molecule has 1 N–H and O–H groups in total. The van der Waals surface area contributed by atoms with Gasteiger partial charge in [0, 0.05) is 16.6 Å². The molecular weight excluding hydrogens is 369 g/mol. The Morgan fingerprint density at radius 2 is 1.62 bits per heavy atom. The van der Waals surface area contributed by atoms with E-state index in [-0.39, 0.29) is 12.1 Å². The highest BCUT2D eigenvalue weighted by Gasteiger charge is 2.14. The second-order valence-corrected chi connectivity index (χ2v) is 6.80. The maximum atomic E-state index is 6.12. The molecule has 0 saturated heterocycles. The van der Waals surface area contributed by atoms with E-state index in [1.165, 1.54) is 5.56 Å². The second kappa shape index (κ2) is 7.64. The summed E-state index contributed by atoms with van der Waals surface area (Å²) in [5, 5.41) is 4.84. The summed E-state index contributed by atoms with van der Waals surface area (Å²) < 4.78 is 1.09. The van der Waals surface area contributed by atoms with E-state index < -0.39 is 0 Å². The number of nitrogens with one attached hydrogen (secondary N) is 1. The molecule has 0 fully saturated rings. The van der Waals surface area contributed by atoms with Crippen molar-refractivity contribution in [3.63, 3.8) is 0 Å². The van der Waals surface area contributed by atoms with Gasteiger partial charge in [0.1, 0.15) is 0 Å². The lowest BCUT2D eigenvalue weighted by Gasteiger charge is -2.23. The molecule has 2 aromatic carbocycles. The molecule has 0 amide bonds. The van der Waals surface area contributed by atoms with Crippen molar-refractivity contribution < 1.29 is 0 Å². The predicted octanol–water partition coefficient (Wildman–Crippen LogP) is 6.56. The lowest BCUT2D eigenvalue weighted by molar-refractivity contribution is 0.456. The van der Waals surface area contributed by atoms with E-state index in [1.54, 1.807) is 0 Å². The Morgan fingerprint density at radius 1 is 1.00 bits per heavy atom. The lowest BCUT2D eigenvalue weighted by atomic mass is 10.0. The largest absolute Gasteiger partial charge is 0.303 e. The summed E-state index contributed by atoms with van der Waals surface area (Å²) in [6, 6.07) is 14.7. The van der Waals surface area contributed by atoms with Crippen molar-refractivity contribution in [3.8, 4) is 0 Å². The van der Waals surface area contributed by atoms with Crippen molar-refractivity contribution in [1.29, 1.82) is 0 Å². The van der Waals surface area contributed by atoms with Crippen LogP contribution in [0.25, 0.3) is 0 Å². The SMILES string of the molecule is CCC(N[C@@H](C)c1ccc(Br)cc1)c1ccc(Cl)c(Cl)c1. The standard InChI is InChI=1S/C17H18BrCl2N/c1-3-17(13-6-9-15(19)16(20)10-13)21-11(2)12-4-7-14(18)8-5-12/h4-11,17,21H,3H2,1-2H3/t11-,17?/m0/s1. The van der Waals surface area contributed by atoms with Gasteiger partial charge in [-0.2, -0.15) is 0 Å². The van der Waals surface area contributed by atoms with E-state index in [9.17, 15) is 0 Å². The minimum Gasteiger partial charge on any atom is -0.303 e. The molecule has 112 valence electrons. The van der Waals surface area contributed by atoms with Gasteiger partial charge in [-0.25, -0.2) is 0 Å². The summed E-state index contributed by atoms with van der Waals surface area (Å²) in [5.74, 6) is 0. The van der Waals surface area contributed by atoms with Crippen LogP contribution in [-0.4, -0.2) is 0 Å². The first kappa shape index (κ1) is 16.8. The Bertz CT molecular complexity index is 598. The molecule has 0 aliphatic rings. The van der Waals surface area contributed by atoms with E-state index >= 15 is 0 Å². The molecule has 21 heavy (non-hydrogen) atoms. The van der Waals surface area contributed by atoms with Crippen LogP contribution in [0.15, 0.2) is 46.9 Å². The van der Waals surface area contributed by atoms with Gasteiger partial charge in [0.25, 0.3) is 0 Å². The smallest absolute Gasteiger partial charge is 0.0595 e. The van der Waals surface area contributed by atoms with Gasteiger partial charge in [-0.05, 0) is 48.7 Å². The van der Waals surface area contributed by atoms with Crippen LogP contribution < -0.4 is 5.32 Å². The van der Waals surface area contributed by atoms with E-state index in [2.05, 4.69) is 59.4 Å². The fraction of sp³-hybridized carbons (Fsp3) is 0.294. The summed E-state index contributed by atoms with van der Waals surface area (Å²) in [5.41, 5.74) is 2.42. The van der Waals surface area contributed by atoms with E-state index in [0.717, 1.165) is 16.5 Å². The topological polar surface area (TPSA) is 12.0 Å². The van der Waals surface area contributed by atoms with Crippen molar-refractivity contribution in [2.45, 2.75) is 32.4 Å². The summed E-state index contributed by atoms with van der Waals surface area (Å²) in [4.78, 5) is 0. The Kier molecular flexibility index (Phi) is 6.12. The molecule has 2 rings (SSSR count). The van der Waals surface area contributed by atoms with E-state index in [1.807, 2.05) is 18.2 Å². The monoisotopic (exact) mass is 385 g/mol. The van der Waals surface area contributed by atoms with Gasteiger partial charge in [-0.1, -0.05) is 64.3 Å². The Labute approximate surface area is 144 Å². The van der Waals surface area contributed by atoms with Gasteiger partial charge in [-0.3, -0.25) is 0 Å². The van der Waals surface area contributed by atoms with Gasteiger partial charge < -0.3 is 5.32 Å². The summed E-state index contributed by atoms with van der Waals surface area (Å²) in [7, 11) is 0. The van der Waals surface area contributed by atoms with Crippen LogP contribution >= 0.6 is 39.1 Å². The minimum atomic E-state index is 0.249. The third-order valence-electron chi connectivity index (χ3n) is 3.58. The number of hydrogen-bond donors (Lipinski definition) is 1. The Balaban J connectivity index is 2.14. The third kappa shape index (κ3) is 4.46. The van der Waals surface area contributed by atoms with Crippen LogP contribution in [0.3, 0.4) is 0 Å². The lowest BCUT2D eigenvalue weighted by Crippen LogP contribution is -2.24. The predicted molar refractivity (Wildman–Crippen MR) is 95.2 cm³/mol.